The van der Waals surface area contributed by atoms with Gasteiger partial charge in [0.05, 0.1) is 24.8 Å². The number of amides is 1. The molecular weight excluding hydrogens is 442 g/mol. The highest BCUT2D eigenvalue weighted by atomic mass is 35.5. The number of ether oxygens (including phenoxy) is 2. The molecule has 1 aliphatic carbocycles. The zero-order chi connectivity index (χ0) is 23.2. The van der Waals surface area contributed by atoms with Crippen LogP contribution in [0.15, 0.2) is 34.7 Å². The van der Waals surface area contributed by atoms with Crippen molar-refractivity contribution in [3.05, 3.63) is 52.2 Å². The van der Waals surface area contributed by atoms with Gasteiger partial charge in [-0.3, -0.25) is 9.59 Å². The maximum absolute atomic E-state index is 13.4. The van der Waals surface area contributed by atoms with Gasteiger partial charge < -0.3 is 19.2 Å². The minimum atomic E-state index is -0.442. The molecule has 7 heteroatoms. The standard InChI is InChI=1S/C26H26ClNO5/c1-15-22-20(32-24(15)25(30)28-17-13-16(27)7-8-19(17)31-2)9-10-21-23(22)18(29)14-26(33-21)11-5-3-4-6-12-26/h7-10,13H,3-6,11-12,14H2,1-2H3,(H,28,30). The van der Waals surface area contributed by atoms with Crippen LogP contribution in [0.2, 0.25) is 5.02 Å². The Morgan fingerprint density at radius 2 is 1.88 bits per heavy atom. The van der Waals surface area contributed by atoms with E-state index >= 15 is 0 Å². The molecule has 0 atom stereocenters. The molecule has 1 aromatic heterocycles. The minimum absolute atomic E-state index is 0.0520. The van der Waals surface area contributed by atoms with Gasteiger partial charge in [0.2, 0.25) is 0 Å². The summed E-state index contributed by atoms with van der Waals surface area (Å²) in [7, 11) is 1.52. The van der Waals surface area contributed by atoms with Gasteiger partial charge in [-0.2, -0.15) is 0 Å². The van der Waals surface area contributed by atoms with E-state index in [2.05, 4.69) is 5.32 Å². The lowest BCUT2D eigenvalue weighted by molar-refractivity contribution is 0.0301. The van der Waals surface area contributed by atoms with Crippen LogP contribution in [0.4, 0.5) is 5.69 Å². The number of hydrogen-bond donors (Lipinski definition) is 1. The molecule has 0 unspecified atom stereocenters. The summed E-state index contributed by atoms with van der Waals surface area (Å²) in [5.74, 6) is 0.825. The van der Waals surface area contributed by atoms with Crippen molar-refractivity contribution < 1.29 is 23.5 Å². The van der Waals surface area contributed by atoms with E-state index in [1.54, 1.807) is 37.3 Å². The summed E-state index contributed by atoms with van der Waals surface area (Å²) in [5, 5.41) is 3.92. The normalized spacial score (nSPS) is 17.4. The molecule has 1 spiro atoms. The van der Waals surface area contributed by atoms with Crippen molar-refractivity contribution in [1.29, 1.82) is 0 Å². The first-order valence-corrected chi connectivity index (χ1v) is 11.7. The second-order valence-electron chi connectivity index (χ2n) is 8.97. The van der Waals surface area contributed by atoms with Crippen molar-refractivity contribution in [2.24, 2.45) is 0 Å². The van der Waals surface area contributed by atoms with Crippen molar-refractivity contribution in [1.82, 2.24) is 0 Å². The second kappa shape index (κ2) is 8.41. The molecule has 5 rings (SSSR count). The van der Waals surface area contributed by atoms with E-state index in [0.717, 1.165) is 25.7 Å². The molecule has 1 N–H and O–H groups in total. The van der Waals surface area contributed by atoms with Crippen molar-refractivity contribution in [3.8, 4) is 11.5 Å². The zero-order valence-corrected chi connectivity index (χ0v) is 19.5. The smallest absolute Gasteiger partial charge is 0.291 e. The quantitative estimate of drug-likeness (QED) is 0.463. The largest absolute Gasteiger partial charge is 0.495 e. The highest BCUT2D eigenvalue weighted by molar-refractivity contribution is 6.31. The number of hydrogen-bond acceptors (Lipinski definition) is 5. The van der Waals surface area contributed by atoms with E-state index in [9.17, 15) is 9.59 Å². The number of benzene rings is 2. The summed E-state index contributed by atoms with van der Waals surface area (Å²) >= 11 is 6.08. The fourth-order valence-corrected chi connectivity index (χ4v) is 5.33. The van der Waals surface area contributed by atoms with Crippen LogP contribution in [0, 0.1) is 6.92 Å². The van der Waals surface area contributed by atoms with E-state index in [1.165, 1.54) is 20.0 Å². The Hall–Kier alpha value is -2.99. The van der Waals surface area contributed by atoms with Crippen LogP contribution in [0.3, 0.4) is 0 Å². The summed E-state index contributed by atoms with van der Waals surface area (Å²) < 4.78 is 17.7. The first-order valence-electron chi connectivity index (χ1n) is 11.3. The van der Waals surface area contributed by atoms with Gasteiger partial charge >= 0.3 is 0 Å². The fraction of sp³-hybridized carbons (Fsp3) is 0.385. The average molecular weight is 468 g/mol. The summed E-state index contributed by atoms with van der Waals surface area (Å²) in [6.45, 7) is 1.79. The summed E-state index contributed by atoms with van der Waals surface area (Å²) in [6.07, 6.45) is 6.68. The summed E-state index contributed by atoms with van der Waals surface area (Å²) in [4.78, 5) is 26.5. The Labute approximate surface area is 197 Å². The number of halogens is 1. The van der Waals surface area contributed by atoms with E-state index in [0.29, 0.717) is 50.7 Å². The van der Waals surface area contributed by atoms with Gasteiger partial charge in [-0.05, 0) is 62.9 Å². The first-order chi connectivity index (χ1) is 15.9. The molecule has 0 saturated heterocycles. The third-order valence-corrected chi connectivity index (χ3v) is 7.01. The van der Waals surface area contributed by atoms with Gasteiger partial charge in [-0.15, -0.1) is 0 Å². The average Bonchev–Trinajstić information content (AvgIpc) is 2.96. The zero-order valence-electron chi connectivity index (χ0n) is 18.8. The highest BCUT2D eigenvalue weighted by Crippen LogP contribution is 2.45. The number of Topliss-reactive ketones (excluding diaryl/α,β-unsaturated/α-hetero) is 1. The van der Waals surface area contributed by atoms with Gasteiger partial charge in [0, 0.05) is 16.0 Å². The summed E-state index contributed by atoms with van der Waals surface area (Å²) in [5.41, 5.74) is 1.64. The van der Waals surface area contributed by atoms with Gasteiger partial charge in [0.25, 0.3) is 5.91 Å². The molecule has 2 heterocycles. The van der Waals surface area contributed by atoms with Crippen LogP contribution in [-0.2, 0) is 0 Å². The van der Waals surface area contributed by atoms with Gasteiger partial charge in [0.15, 0.2) is 11.5 Å². The predicted octanol–water partition coefficient (Wildman–Crippen LogP) is 6.71. The molecule has 172 valence electrons. The van der Waals surface area contributed by atoms with Crippen LogP contribution in [0.25, 0.3) is 11.0 Å². The Morgan fingerprint density at radius 1 is 1.12 bits per heavy atom. The highest BCUT2D eigenvalue weighted by Gasteiger charge is 2.42. The van der Waals surface area contributed by atoms with Crippen LogP contribution in [0.5, 0.6) is 11.5 Å². The van der Waals surface area contributed by atoms with Crippen molar-refractivity contribution >= 4 is 39.9 Å². The van der Waals surface area contributed by atoms with E-state index in [4.69, 9.17) is 25.5 Å². The number of carbonyl (C=O) groups is 2. The monoisotopic (exact) mass is 467 g/mol. The maximum atomic E-state index is 13.4. The fourth-order valence-electron chi connectivity index (χ4n) is 5.16. The molecule has 2 aliphatic rings. The van der Waals surface area contributed by atoms with Gasteiger partial charge in [-0.25, -0.2) is 0 Å². The third-order valence-electron chi connectivity index (χ3n) is 6.78. The molecule has 1 saturated carbocycles. The molecule has 1 amide bonds. The molecular formula is C26H26ClNO5. The van der Waals surface area contributed by atoms with Crippen LogP contribution < -0.4 is 14.8 Å². The van der Waals surface area contributed by atoms with Crippen molar-refractivity contribution in [2.45, 2.75) is 57.5 Å². The molecule has 1 fully saturated rings. The Morgan fingerprint density at radius 3 is 2.61 bits per heavy atom. The lowest BCUT2D eigenvalue weighted by Crippen LogP contribution is -2.41. The number of anilines is 1. The second-order valence-corrected chi connectivity index (χ2v) is 9.40. The number of methoxy groups -OCH3 is 1. The third kappa shape index (κ3) is 3.86. The van der Waals surface area contributed by atoms with Crippen molar-refractivity contribution in [2.75, 3.05) is 12.4 Å². The van der Waals surface area contributed by atoms with Crippen LogP contribution in [-0.4, -0.2) is 24.4 Å². The van der Waals surface area contributed by atoms with E-state index in [-0.39, 0.29) is 11.5 Å². The number of ketones is 1. The van der Waals surface area contributed by atoms with Crippen molar-refractivity contribution in [3.63, 3.8) is 0 Å². The SMILES string of the molecule is COc1ccc(Cl)cc1NC(=O)c1oc2ccc3c(c2c1C)C(=O)CC1(CCCCCC1)O3. The predicted molar refractivity (Wildman–Crippen MR) is 127 cm³/mol. The molecule has 1 aliphatic heterocycles. The molecule has 2 aromatic carbocycles. The Bertz CT molecular complexity index is 1250. The van der Waals surface area contributed by atoms with Gasteiger partial charge in [0.1, 0.15) is 22.7 Å². The molecule has 0 bridgehead atoms. The van der Waals surface area contributed by atoms with E-state index < -0.39 is 11.5 Å². The Kier molecular flexibility index (Phi) is 5.57. The topological polar surface area (TPSA) is 77.8 Å². The maximum Gasteiger partial charge on any atom is 0.291 e. The Balaban J connectivity index is 1.52. The number of aryl methyl sites for hydroxylation is 1. The number of carbonyl (C=O) groups excluding carboxylic acids is 2. The van der Waals surface area contributed by atoms with E-state index in [1.807, 2.05) is 0 Å². The summed E-state index contributed by atoms with van der Waals surface area (Å²) in [6, 6.07) is 8.55. The lowest BCUT2D eigenvalue weighted by Gasteiger charge is -2.37. The first kappa shape index (κ1) is 21.8. The number of nitrogens with one attached hydrogen (secondary N) is 1. The number of fused-ring (bicyclic) bond motifs is 3. The lowest BCUT2D eigenvalue weighted by atomic mass is 9.83. The number of furan rings is 1. The molecule has 0 radical (unpaired) electrons. The molecule has 33 heavy (non-hydrogen) atoms. The minimum Gasteiger partial charge on any atom is -0.495 e. The molecule has 3 aromatic rings. The molecule has 6 nitrogen and oxygen atoms in total. The number of rotatable bonds is 3. The van der Waals surface area contributed by atoms with Gasteiger partial charge in [-0.1, -0.05) is 24.4 Å². The van der Waals surface area contributed by atoms with Crippen LogP contribution in [0.1, 0.15) is 71.4 Å². The van der Waals surface area contributed by atoms with Crippen LogP contribution >= 0.6 is 11.6 Å².